The molecule has 0 aliphatic carbocycles. The highest BCUT2D eigenvalue weighted by Crippen LogP contribution is 2.19. The summed E-state index contributed by atoms with van der Waals surface area (Å²) in [5.41, 5.74) is 4.91. The van der Waals surface area contributed by atoms with Crippen molar-refractivity contribution in [1.82, 2.24) is 5.32 Å². The van der Waals surface area contributed by atoms with Gasteiger partial charge in [0.25, 0.3) is 0 Å². The number of ether oxygens (including phenoxy) is 1. The lowest BCUT2D eigenvalue weighted by Crippen LogP contribution is -2.63. The van der Waals surface area contributed by atoms with Crippen molar-refractivity contribution in [3.63, 3.8) is 0 Å². The summed E-state index contributed by atoms with van der Waals surface area (Å²) >= 11 is 0. The second-order valence-electron chi connectivity index (χ2n) is 5.06. The molecule has 11 nitrogen and oxygen atoms in total. The van der Waals surface area contributed by atoms with Crippen LogP contribution in [0.15, 0.2) is 0 Å². The zero-order valence-corrected chi connectivity index (χ0v) is 12.7. The highest BCUT2D eigenvalue weighted by molar-refractivity contribution is 5.73. The minimum atomic E-state index is -1.45. The lowest BCUT2D eigenvalue weighted by atomic mass is 9.97. The van der Waals surface area contributed by atoms with Crippen LogP contribution in [0.2, 0.25) is 0 Å². The monoisotopic (exact) mass is 340 g/mol. The van der Waals surface area contributed by atoms with Crippen molar-refractivity contribution in [2.75, 3.05) is 6.61 Å². The van der Waals surface area contributed by atoms with Crippen molar-refractivity contribution in [3.05, 3.63) is 0 Å². The minimum absolute atomic E-state index is 0.462. The number of rotatable bonds is 4. The van der Waals surface area contributed by atoms with Crippen LogP contribution in [0.25, 0.3) is 0 Å². The number of amides is 1. The Morgan fingerprint density at radius 1 is 1.26 bits per heavy atom. The standard InChI is InChI=1S/C8H15NO6.C4H9NO3/c1-3(11)9-5-7(13)6(12)4(2-10)15-8(5)14;1-2(6)3(5)4(7)8/h4-8,10,12-14H,2H2,1H3,(H,9,11);2-3,6H,5H2,1H3,(H,7,8)/t4-,5-,6+,7-,8?;/m1./s1. The van der Waals surface area contributed by atoms with E-state index < -0.39 is 61.3 Å². The average Bonchev–Trinajstić information content (AvgIpc) is 2.46. The molecule has 0 spiro atoms. The van der Waals surface area contributed by atoms with Crippen molar-refractivity contribution >= 4 is 11.9 Å². The van der Waals surface area contributed by atoms with Crippen molar-refractivity contribution < 1.29 is 45.0 Å². The van der Waals surface area contributed by atoms with E-state index in [0.29, 0.717) is 0 Å². The first-order chi connectivity index (χ1) is 10.5. The molecular weight excluding hydrogens is 316 g/mol. The predicted octanol–water partition coefficient (Wildman–Crippen LogP) is -4.30. The van der Waals surface area contributed by atoms with Crippen molar-refractivity contribution in [2.45, 2.75) is 56.6 Å². The first kappa shape index (κ1) is 21.7. The van der Waals surface area contributed by atoms with Gasteiger partial charge < -0.3 is 46.4 Å². The Kier molecular flexibility index (Phi) is 9.16. The number of aliphatic hydroxyl groups is 5. The highest BCUT2D eigenvalue weighted by Gasteiger charge is 2.43. The van der Waals surface area contributed by atoms with Gasteiger partial charge in [0.1, 0.15) is 30.4 Å². The van der Waals surface area contributed by atoms with E-state index in [1.54, 1.807) is 0 Å². The molecule has 1 fully saturated rings. The van der Waals surface area contributed by atoms with E-state index in [-0.39, 0.29) is 0 Å². The molecule has 0 aromatic carbocycles. The molecule has 0 radical (unpaired) electrons. The van der Waals surface area contributed by atoms with Gasteiger partial charge in [-0.2, -0.15) is 0 Å². The van der Waals surface area contributed by atoms with E-state index >= 15 is 0 Å². The van der Waals surface area contributed by atoms with Crippen LogP contribution in [0.3, 0.4) is 0 Å². The number of nitrogens with one attached hydrogen (secondary N) is 1. The van der Waals surface area contributed by atoms with E-state index in [9.17, 15) is 24.9 Å². The van der Waals surface area contributed by atoms with Gasteiger partial charge in [-0.3, -0.25) is 9.59 Å². The number of hydrogen-bond donors (Lipinski definition) is 8. The van der Waals surface area contributed by atoms with Gasteiger partial charge in [0.05, 0.1) is 12.7 Å². The van der Waals surface area contributed by atoms with Crippen LogP contribution in [0.5, 0.6) is 0 Å². The zero-order valence-electron chi connectivity index (χ0n) is 12.7. The van der Waals surface area contributed by atoms with Crippen LogP contribution in [-0.2, 0) is 14.3 Å². The second-order valence-corrected chi connectivity index (χ2v) is 5.06. The number of carboxylic acid groups (broad SMARTS) is 1. The van der Waals surface area contributed by atoms with E-state index in [1.165, 1.54) is 13.8 Å². The Hall–Kier alpha value is -1.34. The molecule has 3 unspecified atom stereocenters. The molecule has 0 bridgehead atoms. The largest absolute Gasteiger partial charge is 0.480 e. The lowest BCUT2D eigenvalue weighted by molar-refractivity contribution is -0.253. The van der Waals surface area contributed by atoms with Crippen LogP contribution in [0.4, 0.5) is 0 Å². The number of nitrogens with two attached hydrogens (primary N) is 1. The van der Waals surface area contributed by atoms with Crippen molar-refractivity contribution in [3.8, 4) is 0 Å². The summed E-state index contributed by atoms with van der Waals surface area (Å²) in [6.45, 7) is 2.02. The molecule has 0 saturated carbocycles. The van der Waals surface area contributed by atoms with Gasteiger partial charge in [-0.1, -0.05) is 0 Å². The molecule has 1 amide bonds. The Morgan fingerprint density at radius 3 is 2.09 bits per heavy atom. The molecule has 23 heavy (non-hydrogen) atoms. The molecule has 0 aromatic heterocycles. The summed E-state index contributed by atoms with van der Waals surface area (Å²) in [4.78, 5) is 20.6. The molecule has 1 aliphatic heterocycles. The maximum Gasteiger partial charge on any atom is 0.323 e. The van der Waals surface area contributed by atoms with Gasteiger partial charge >= 0.3 is 5.97 Å². The molecule has 11 heteroatoms. The fourth-order valence-corrected chi connectivity index (χ4v) is 1.69. The maximum atomic E-state index is 10.7. The minimum Gasteiger partial charge on any atom is -0.480 e. The molecule has 9 N–H and O–H groups in total. The first-order valence-electron chi connectivity index (χ1n) is 6.77. The number of aliphatic carboxylic acids is 1. The lowest BCUT2D eigenvalue weighted by Gasteiger charge is -2.40. The van der Waals surface area contributed by atoms with Gasteiger partial charge in [0.15, 0.2) is 6.29 Å². The Bertz CT molecular complexity index is 393. The van der Waals surface area contributed by atoms with Gasteiger partial charge in [0.2, 0.25) is 5.91 Å². The van der Waals surface area contributed by atoms with Gasteiger partial charge in [-0.15, -0.1) is 0 Å². The summed E-state index contributed by atoms with van der Waals surface area (Å²) in [5.74, 6) is -1.64. The fourth-order valence-electron chi connectivity index (χ4n) is 1.69. The van der Waals surface area contributed by atoms with Gasteiger partial charge in [-0.25, -0.2) is 0 Å². The number of carbonyl (C=O) groups is 2. The molecular formula is C12H24N2O9. The first-order valence-corrected chi connectivity index (χ1v) is 6.77. The Morgan fingerprint density at radius 2 is 1.78 bits per heavy atom. The maximum absolute atomic E-state index is 10.7. The average molecular weight is 340 g/mol. The summed E-state index contributed by atoms with van der Waals surface area (Å²) in [6.07, 6.45) is -6.22. The van der Waals surface area contributed by atoms with Gasteiger partial charge in [-0.05, 0) is 6.92 Å². The van der Waals surface area contributed by atoms with E-state index in [0.717, 1.165) is 0 Å². The topological polar surface area (TPSA) is 203 Å². The van der Waals surface area contributed by atoms with Crippen molar-refractivity contribution in [1.29, 1.82) is 0 Å². The summed E-state index contributed by atoms with van der Waals surface area (Å²) in [5, 5.41) is 55.9. The molecule has 0 aromatic rings. The number of carboxylic acids is 1. The third-order valence-corrected chi connectivity index (χ3v) is 3.07. The van der Waals surface area contributed by atoms with E-state index in [4.69, 9.17) is 25.8 Å². The van der Waals surface area contributed by atoms with Crippen LogP contribution in [0.1, 0.15) is 13.8 Å². The highest BCUT2D eigenvalue weighted by atomic mass is 16.6. The third kappa shape index (κ3) is 6.74. The summed E-state index contributed by atoms with van der Waals surface area (Å²) < 4.78 is 4.81. The molecule has 1 heterocycles. The Balaban J connectivity index is 0.000000515. The molecule has 1 saturated heterocycles. The smallest absolute Gasteiger partial charge is 0.323 e. The molecule has 7 atom stereocenters. The third-order valence-electron chi connectivity index (χ3n) is 3.07. The van der Waals surface area contributed by atoms with E-state index in [1.807, 2.05) is 0 Å². The molecule has 1 rings (SSSR count). The van der Waals surface area contributed by atoms with Gasteiger partial charge in [0, 0.05) is 6.92 Å². The number of hydrogen-bond acceptors (Lipinski definition) is 9. The zero-order chi connectivity index (χ0) is 18.3. The Labute approximate surface area is 132 Å². The normalized spacial score (nSPS) is 33.0. The number of carbonyl (C=O) groups excluding carboxylic acids is 1. The fraction of sp³-hybridized carbons (Fsp3) is 0.833. The second kappa shape index (κ2) is 9.72. The summed E-state index contributed by atoms with van der Waals surface area (Å²) in [6, 6.07) is -2.25. The van der Waals surface area contributed by atoms with Crippen LogP contribution < -0.4 is 11.1 Å². The predicted molar refractivity (Wildman–Crippen MR) is 74.9 cm³/mol. The molecule has 1 aliphatic rings. The van der Waals surface area contributed by atoms with Crippen LogP contribution in [-0.4, -0.2) is 91.9 Å². The number of aliphatic hydroxyl groups excluding tert-OH is 5. The SMILES string of the molecule is CC(=O)N[C@H]1C(O)O[C@H](CO)[C@H](O)[C@@H]1O.CC(O)C(N)C(=O)O. The van der Waals surface area contributed by atoms with Crippen LogP contribution in [0, 0.1) is 0 Å². The molecule has 136 valence electrons. The summed E-state index contributed by atoms with van der Waals surface area (Å²) in [7, 11) is 0. The van der Waals surface area contributed by atoms with Crippen molar-refractivity contribution in [2.24, 2.45) is 5.73 Å². The van der Waals surface area contributed by atoms with Crippen LogP contribution >= 0.6 is 0 Å². The van der Waals surface area contributed by atoms with E-state index in [2.05, 4.69) is 5.32 Å². The quantitative estimate of drug-likeness (QED) is 0.247.